The molecule has 16 heavy (non-hydrogen) atoms. The Bertz CT molecular complexity index is 349. The standard InChI is InChI=1S/C11H18N2O3/c1-5-9(14)7(3)11-12-10(13-16-11)8(4)15-6-2/h7-8H,5-6H2,1-4H3. The van der Waals surface area contributed by atoms with Gasteiger partial charge in [0, 0.05) is 13.0 Å². The fraction of sp³-hybridized carbons (Fsp3) is 0.727. The molecule has 0 bridgehead atoms. The largest absolute Gasteiger partial charge is 0.371 e. The first-order valence-corrected chi connectivity index (χ1v) is 5.57. The zero-order chi connectivity index (χ0) is 12.1. The molecule has 0 spiro atoms. The van der Waals surface area contributed by atoms with Gasteiger partial charge in [0.15, 0.2) is 5.82 Å². The van der Waals surface area contributed by atoms with Crippen molar-refractivity contribution in [1.29, 1.82) is 0 Å². The molecule has 0 radical (unpaired) electrons. The maximum absolute atomic E-state index is 11.5. The number of ketones is 1. The van der Waals surface area contributed by atoms with E-state index < -0.39 is 0 Å². The molecule has 0 aliphatic rings. The highest BCUT2D eigenvalue weighted by atomic mass is 16.5. The summed E-state index contributed by atoms with van der Waals surface area (Å²) < 4.78 is 10.4. The third kappa shape index (κ3) is 2.88. The van der Waals surface area contributed by atoms with Crippen LogP contribution in [0.1, 0.15) is 57.9 Å². The van der Waals surface area contributed by atoms with E-state index in [1.807, 2.05) is 20.8 Å². The third-order valence-electron chi connectivity index (χ3n) is 2.44. The zero-order valence-corrected chi connectivity index (χ0v) is 10.2. The van der Waals surface area contributed by atoms with Crippen molar-refractivity contribution in [2.45, 2.75) is 46.1 Å². The van der Waals surface area contributed by atoms with Gasteiger partial charge in [-0.25, -0.2) is 0 Å². The highest BCUT2D eigenvalue weighted by Gasteiger charge is 2.22. The number of ether oxygens (including phenoxy) is 1. The molecular formula is C11H18N2O3. The second-order valence-electron chi connectivity index (χ2n) is 3.63. The SMILES string of the molecule is CCOC(C)c1noc(C(C)C(=O)CC)n1. The van der Waals surface area contributed by atoms with Crippen LogP contribution in [0.2, 0.25) is 0 Å². The van der Waals surface area contributed by atoms with Crippen molar-refractivity contribution in [3.63, 3.8) is 0 Å². The quantitative estimate of drug-likeness (QED) is 0.744. The molecule has 5 nitrogen and oxygen atoms in total. The predicted molar refractivity (Wildman–Crippen MR) is 58.1 cm³/mol. The number of Topliss-reactive ketones (excluding diaryl/α,β-unsaturated/α-hetero) is 1. The number of rotatable bonds is 6. The minimum Gasteiger partial charge on any atom is -0.371 e. The summed E-state index contributed by atoms with van der Waals surface area (Å²) in [5.41, 5.74) is 0. The van der Waals surface area contributed by atoms with Crippen molar-refractivity contribution >= 4 is 5.78 Å². The summed E-state index contributed by atoms with van der Waals surface area (Å²) in [6.07, 6.45) is 0.270. The molecule has 1 rings (SSSR count). The van der Waals surface area contributed by atoms with Crippen molar-refractivity contribution < 1.29 is 14.1 Å². The fourth-order valence-corrected chi connectivity index (χ4v) is 1.36. The molecule has 0 aliphatic heterocycles. The molecule has 2 atom stereocenters. The molecule has 5 heteroatoms. The third-order valence-corrected chi connectivity index (χ3v) is 2.44. The van der Waals surface area contributed by atoms with Gasteiger partial charge in [-0.1, -0.05) is 12.1 Å². The van der Waals surface area contributed by atoms with E-state index in [0.717, 1.165) is 0 Å². The molecule has 0 amide bonds. The van der Waals surface area contributed by atoms with E-state index in [1.54, 1.807) is 6.92 Å². The van der Waals surface area contributed by atoms with E-state index in [4.69, 9.17) is 9.26 Å². The lowest BCUT2D eigenvalue weighted by Gasteiger charge is -2.05. The fourth-order valence-electron chi connectivity index (χ4n) is 1.36. The number of carbonyl (C=O) groups excluding carboxylic acids is 1. The molecule has 0 aliphatic carbocycles. The second kappa shape index (κ2) is 5.75. The van der Waals surface area contributed by atoms with Crippen LogP contribution in [0.3, 0.4) is 0 Å². The van der Waals surface area contributed by atoms with E-state index in [-0.39, 0.29) is 17.8 Å². The van der Waals surface area contributed by atoms with E-state index in [2.05, 4.69) is 10.1 Å². The minimum atomic E-state index is -0.333. The Morgan fingerprint density at radius 2 is 2.12 bits per heavy atom. The van der Waals surface area contributed by atoms with Crippen LogP contribution in [0.5, 0.6) is 0 Å². The van der Waals surface area contributed by atoms with Crippen LogP contribution < -0.4 is 0 Å². The van der Waals surface area contributed by atoms with Crippen LogP contribution in [0, 0.1) is 0 Å². The van der Waals surface area contributed by atoms with Gasteiger partial charge in [0.1, 0.15) is 11.9 Å². The van der Waals surface area contributed by atoms with Gasteiger partial charge in [-0.3, -0.25) is 4.79 Å². The molecule has 1 aromatic rings. The van der Waals surface area contributed by atoms with Crippen LogP contribution >= 0.6 is 0 Å². The first-order valence-electron chi connectivity index (χ1n) is 5.57. The van der Waals surface area contributed by atoms with Gasteiger partial charge in [0.05, 0.1) is 5.92 Å². The predicted octanol–water partition coefficient (Wildman–Crippen LogP) is 2.25. The van der Waals surface area contributed by atoms with Gasteiger partial charge in [-0.2, -0.15) is 4.98 Å². The summed E-state index contributed by atoms with van der Waals surface area (Å²) in [4.78, 5) is 15.6. The second-order valence-corrected chi connectivity index (χ2v) is 3.63. The zero-order valence-electron chi connectivity index (χ0n) is 10.2. The summed E-state index contributed by atoms with van der Waals surface area (Å²) in [6.45, 7) is 7.94. The van der Waals surface area contributed by atoms with Gasteiger partial charge in [0.25, 0.3) is 0 Å². The number of nitrogens with zero attached hydrogens (tertiary/aromatic N) is 2. The van der Waals surface area contributed by atoms with Crippen molar-refractivity contribution in [2.75, 3.05) is 6.61 Å². The number of aromatic nitrogens is 2. The summed E-state index contributed by atoms with van der Waals surface area (Å²) in [5.74, 6) is 0.625. The maximum Gasteiger partial charge on any atom is 0.237 e. The van der Waals surface area contributed by atoms with Crippen molar-refractivity contribution in [3.05, 3.63) is 11.7 Å². The average molecular weight is 226 g/mol. The molecule has 1 heterocycles. The Hall–Kier alpha value is -1.23. The monoisotopic (exact) mass is 226 g/mol. The van der Waals surface area contributed by atoms with Crippen LogP contribution in [-0.2, 0) is 9.53 Å². The van der Waals surface area contributed by atoms with Gasteiger partial charge >= 0.3 is 0 Å². The van der Waals surface area contributed by atoms with E-state index >= 15 is 0 Å². The average Bonchev–Trinajstić information content (AvgIpc) is 2.76. The van der Waals surface area contributed by atoms with Crippen LogP contribution in [0.4, 0.5) is 0 Å². The van der Waals surface area contributed by atoms with E-state index in [1.165, 1.54) is 0 Å². The number of hydrogen-bond donors (Lipinski definition) is 0. The smallest absolute Gasteiger partial charge is 0.237 e. The van der Waals surface area contributed by atoms with Gasteiger partial charge < -0.3 is 9.26 Å². The first kappa shape index (κ1) is 12.8. The lowest BCUT2D eigenvalue weighted by atomic mass is 10.1. The normalized spacial score (nSPS) is 14.8. The topological polar surface area (TPSA) is 65.2 Å². The van der Waals surface area contributed by atoms with Gasteiger partial charge in [0.2, 0.25) is 5.89 Å². The summed E-state index contributed by atoms with van der Waals surface area (Å²) in [7, 11) is 0. The lowest BCUT2D eigenvalue weighted by Crippen LogP contribution is -2.08. The molecule has 0 N–H and O–H groups in total. The Morgan fingerprint density at radius 1 is 1.44 bits per heavy atom. The van der Waals surface area contributed by atoms with Crippen LogP contribution in [0.25, 0.3) is 0 Å². The Morgan fingerprint density at radius 3 is 2.69 bits per heavy atom. The summed E-state index contributed by atoms with van der Waals surface area (Å²) in [5, 5.41) is 3.81. The Labute approximate surface area is 95.2 Å². The maximum atomic E-state index is 11.5. The number of carbonyl (C=O) groups is 1. The highest BCUT2D eigenvalue weighted by molar-refractivity contribution is 5.83. The lowest BCUT2D eigenvalue weighted by molar-refractivity contribution is -0.120. The summed E-state index contributed by atoms with van der Waals surface area (Å²) in [6, 6.07) is 0. The molecule has 2 unspecified atom stereocenters. The molecule has 0 fully saturated rings. The molecule has 1 aromatic heterocycles. The summed E-state index contributed by atoms with van der Waals surface area (Å²) >= 11 is 0. The minimum absolute atomic E-state index is 0.0965. The van der Waals surface area contributed by atoms with E-state index in [9.17, 15) is 4.79 Å². The molecule has 0 aromatic carbocycles. The number of hydrogen-bond acceptors (Lipinski definition) is 5. The van der Waals surface area contributed by atoms with Crippen molar-refractivity contribution in [3.8, 4) is 0 Å². The molecular weight excluding hydrogens is 208 g/mol. The van der Waals surface area contributed by atoms with Crippen LogP contribution in [-0.4, -0.2) is 22.5 Å². The first-order chi connectivity index (χ1) is 7.60. The highest BCUT2D eigenvalue weighted by Crippen LogP contribution is 2.19. The van der Waals surface area contributed by atoms with Crippen molar-refractivity contribution in [2.24, 2.45) is 0 Å². The molecule has 0 saturated heterocycles. The molecule has 0 saturated carbocycles. The Kier molecular flexibility index (Phi) is 4.61. The van der Waals surface area contributed by atoms with Gasteiger partial charge in [-0.15, -0.1) is 0 Å². The van der Waals surface area contributed by atoms with E-state index in [0.29, 0.717) is 24.7 Å². The van der Waals surface area contributed by atoms with Crippen molar-refractivity contribution in [1.82, 2.24) is 10.1 Å². The molecule has 90 valence electrons. The van der Waals surface area contributed by atoms with Gasteiger partial charge in [-0.05, 0) is 20.8 Å². The Balaban J connectivity index is 2.74. The van der Waals surface area contributed by atoms with Crippen LogP contribution in [0.15, 0.2) is 4.52 Å².